The zero-order valence-corrected chi connectivity index (χ0v) is 15.3. The van der Waals surface area contributed by atoms with Gasteiger partial charge in [0.15, 0.2) is 0 Å². The number of fused-ring (bicyclic) bond motifs is 1. The summed E-state index contributed by atoms with van der Waals surface area (Å²) in [6.07, 6.45) is 2.94. The van der Waals surface area contributed by atoms with Crippen LogP contribution < -0.4 is 5.32 Å². The molecule has 6 heteroatoms. The summed E-state index contributed by atoms with van der Waals surface area (Å²) in [7, 11) is 0. The van der Waals surface area contributed by atoms with Gasteiger partial charge in [0.05, 0.1) is 37.8 Å². The molecule has 3 fully saturated rings. The molecular formula is C19H26ClN3O2. The minimum atomic E-state index is 0.209. The number of hydrogen-bond donors (Lipinski definition) is 1. The molecule has 1 aromatic carbocycles. The minimum Gasteiger partial charge on any atom is -0.378 e. The first-order valence-electron chi connectivity index (χ1n) is 9.31. The molecule has 0 aliphatic carbocycles. The number of nitrogens with one attached hydrogen (secondary N) is 1. The van der Waals surface area contributed by atoms with Gasteiger partial charge >= 0.3 is 0 Å². The number of carbonyl (C=O) groups is 1. The van der Waals surface area contributed by atoms with Gasteiger partial charge in [-0.3, -0.25) is 9.69 Å². The average Bonchev–Trinajstić information content (AvgIpc) is 3.17. The highest BCUT2D eigenvalue weighted by Crippen LogP contribution is 2.26. The lowest BCUT2D eigenvalue weighted by molar-refractivity contribution is -0.142. The summed E-state index contributed by atoms with van der Waals surface area (Å²) in [6, 6.07) is 8.35. The summed E-state index contributed by atoms with van der Waals surface area (Å²) in [6.45, 7) is 5.28. The molecule has 0 saturated carbocycles. The van der Waals surface area contributed by atoms with E-state index >= 15 is 0 Å². The smallest absolute Gasteiger partial charge is 0.227 e. The third-order valence-electron chi connectivity index (χ3n) is 5.71. The Balaban J connectivity index is 1.51. The van der Waals surface area contributed by atoms with Crippen molar-refractivity contribution in [3.8, 4) is 0 Å². The second-order valence-corrected chi connectivity index (χ2v) is 7.73. The molecule has 2 unspecified atom stereocenters. The van der Waals surface area contributed by atoms with Crippen LogP contribution >= 0.6 is 11.6 Å². The van der Waals surface area contributed by atoms with Crippen molar-refractivity contribution in [2.75, 3.05) is 39.4 Å². The second-order valence-electron chi connectivity index (χ2n) is 7.29. The Labute approximate surface area is 154 Å². The van der Waals surface area contributed by atoms with Crippen molar-refractivity contribution in [3.05, 3.63) is 34.9 Å². The third-order valence-corrected chi connectivity index (χ3v) is 5.96. The van der Waals surface area contributed by atoms with Gasteiger partial charge in [0.25, 0.3) is 0 Å². The van der Waals surface area contributed by atoms with Gasteiger partial charge in [-0.1, -0.05) is 23.7 Å². The highest BCUT2D eigenvalue weighted by atomic mass is 35.5. The van der Waals surface area contributed by atoms with E-state index in [2.05, 4.69) is 15.1 Å². The van der Waals surface area contributed by atoms with Crippen molar-refractivity contribution in [2.24, 2.45) is 0 Å². The quantitative estimate of drug-likeness (QED) is 0.885. The van der Waals surface area contributed by atoms with Gasteiger partial charge in [-0.05, 0) is 43.6 Å². The third kappa shape index (κ3) is 3.70. The first-order valence-corrected chi connectivity index (χ1v) is 9.69. The Morgan fingerprint density at radius 2 is 1.92 bits per heavy atom. The SMILES string of the molecule is O=C(Cc1ccc(Cl)cc1)N1CCNC2COCC(N3CCCC3)[C@H]21. The van der Waals surface area contributed by atoms with Gasteiger partial charge in [0.1, 0.15) is 0 Å². The van der Waals surface area contributed by atoms with Gasteiger partial charge in [0.2, 0.25) is 5.91 Å². The molecule has 0 aromatic heterocycles. The molecule has 3 saturated heterocycles. The number of ether oxygens (including phenoxy) is 1. The monoisotopic (exact) mass is 363 g/mol. The van der Waals surface area contributed by atoms with E-state index in [1.54, 1.807) is 0 Å². The first kappa shape index (κ1) is 17.3. The summed E-state index contributed by atoms with van der Waals surface area (Å²) in [5, 5.41) is 4.27. The molecule has 0 spiro atoms. The van der Waals surface area contributed by atoms with E-state index in [-0.39, 0.29) is 18.0 Å². The molecule has 25 heavy (non-hydrogen) atoms. The predicted octanol–water partition coefficient (Wildman–Crippen LogP) is 1.55. The van der Waals surface area contributed by atoms with Crippen LogP contribution in [0, 0.1) is 0 Å². The Kier molecular flexibility index (Phi) is 5.27. The van der Waals surface area contributed by atoms with E-state index in [0.29, 0.717) is 24.1 Å². The zero-order valence-electron chi connectivity index (χ0n) is 14.5. The van der Waals surface area contributed by atoms with Crippen LogP contribution in [0.1, 0.15) is 18.4 Å². The van der Waals surface area contributed by atoms with E-state index in [4.69, 9.17) is 16.3 Å². The highest BCUT2D eigenvalue weighted by Gasteiger charge is 2.44. The van der Waals surface area contributed by atoms with E-state index in [9.17, 15) is 4.79 Å². The van der Waals surface area contributed by atoms with E-state index < -0.39 is 0 Å². The Morgan fingerprint density at radius 3 is 2.68 bits per heavy atom. The number of halogens is 1. The van der Waals surface area contributed by atoms with Gasteiger partial charge in [-0.25, -0.2) is 0 Å². The fourth-order valence-electron chi connectivity index (χ4n) is 4.47. The molecule has 5 nitrogen and oxygen atoms in total. The number of benzene rings is 1. The predicted molar refractivity (Wildman–Crippen MR) is 97.9 cm³/mol. The Morgan fingerprint density at radius 1 is 1.16 bits per heavy atom. The lowest BCUT2D eigenvalue weighted by Crippen LogP contribution is -2.70. The van der Waals surface area contributed by atoms with Crippen LogP contribution in [0.15, 0.2) is 24.3 Å². The van der Waals surface area contributed by atoms with Crippen molar-refractivity contribution in [1.29, 1.82) is 0 Å². The maximum atomic E-state index is 13.1. The number of hydrogen-bond acceptors (Lipinski definition) is 4. The number of amides is 1. The maximum absolute atomic E-state index is 13.1. The molecule has 3 heterocycles. The molecule has 0 radical (unpaired) electrons. The minimum absolute atomic E-state index is 0.209. The topological polar surface area (TPSA) is 44.8 Å². The molecule has 0 bridgehead atoms. The van der Waals surface area contributed by atoms with Crippen molar-refractivity contribution < 1.29 is 9.53 Å². The Hall–Kier alpha value is -1.14. The lowest BCUT2D eigenvalue weighted by Gasteiger charge is -2.50. The normalized spacial score (nSPS) is 30.3. The van der Waals surface area contributed by atoms with E-state index in [0.717, 1.165) is 38.3 Å². The number of carbonyl (C=O) groups excluding carboxylic acids is 1. The summed E-state index contributed by atoms with van der Waals surface area (Å²) >= 11 is 5.96. The largest absolute Gasteiger partial charge is 0.378 e. The molecule has 4 rings (SSSR count). The molecule has 3 aliphatic heterocycles. The summed E-state index contributed by atoms with van der Waals surface area (Å²) < 4.78 is 5.87. The molecule has 136 valence electrons. The van der Waals surface area contributed by atoms with Crippen LogP contribution in [0.5, 0.6) is 0 Å². The van der Waals surface area contributed by atoms with Crippen molar-refractivity contribution >= 4 is 17.5 Å². The number of likely N-dealkylation sites (tertiary alicyclic amines) is 1. The molecule has 1 amide bonds. The number of rotatable bonds is 3. The summed E-state index contributed by atoms with van der Waals surface area (Å²) in [4.78, 5) is 17.7. The fourth-order valence-corrected chi connectivity index (χ4v) is 4.60. The van der Waals surface area contributed by atoms with Crippen LogP contribution in [0.2, 0.25) is 5.02 Å². The van der Waals surface area contributed by atoms with Gasteiger partial charge in [-0.2, -0.15) is 0 Å². The van der Waals surface area contributed by atoms with Gasteiger partial charge in [0, 0.05) is 18.1 Å². The van der Waals surface area contributed by atoms with E-state index in [1.807, 2.05) is 24.3 Å². The molecule has 3 atom stereocenters. The molecular weight excluding hydrogens is 338 g/mol. The van der Waals surface area contributed by atoms with Crippen LogP contribution in [-0.2, 0) is 16.0 Å². The van der Waals surface area contributed by atoms with Gasteiger partial charge in [-0.15, -0.1) is 0 Å². The lowest BCUT2D eigenvalue weighted by atomic mass is 9.92. The Bertz CT molecular complexity index is 601. The number of piperazine rings is 1. The van der Waals surface area contributed by atoms with Crippen molar-refractivity contribution in [1.82, 2.24) is 15.1 Å². The molecule has 3 aliphatic rings. The summed E-state index contributed by atoms with van der Waals surface area (Å²) in [5.41, 5.74) is 1.02. The average molecular weight is 364 g/mol. The standard InChI is InChI=1S/C19H26ClN3O2/c20-15-5-3-14(4-6-15)11-18(24)23-10-7-21-16-12-25-13-17(19(16)23)22-8-1-2-9-22/h3-6,16-17,19,21H,1-2,7-13H2/t16?,17?,19-/m0/s1. The number of nitrogens with zero attached hydrogens (tertiary/aromatic N) is 2. The second kappa shape index (κ2) is 7.62. The maximum Gasteiger partial charge on any atom is 0.227 e. The molecule has 1 aromatic rings. The van der Waals surface area contributed by atoms with Crippen LogP contribution in [0.4, 0.5) is 0 Å². The summed E-state index contributed by atoms with van der Waals surface area (Å²) in [5.74, 6) is 0.213. The van der Waals surface area contributed by atoms with Crippen molar-refractivity contribution in [2.45, 2.75) is 37.4 Å². The van der Waals surface area contributed by atoms with Crippen LogP contribution in [0.3, 0.4) is 0 Å². The zero-order chi connectivity index (χ0) is 17.2. The van der Waals surface area contributed by atoms with Gasteiger partial charge < -0.3 is 15.0 Å². The first-order chi connectivity index (χ1) is 12.2. The fraction of sp³-hybridized carbons (Fsp3) is 0.632. The highest BCUT2D eigenvalue weighted by molar-refractivity contribution is 6.30. The van der Waals surface area contributed by atoms with Crippen molar-refractivity contribution in [3.63, 3.8) is 0 Å². The van der Waals surface area contributed by atoms with Crippen LogP contribution in [-0.4, -0.2) is 73.2 Å². The van der Waals surface area contributed by atoms with E-state index in [1.165, 1.54) is 12.8 Å². The van der Waals surface area contributed by atoms with Crippen LogP contribution in [0.25, 0.3) is 0 Å². The molecule has 1 N–H and O–H groups in total.